The van der Waals surface area contributed by atoms with E-state index >= 15 is 0 Å². The molecule has 0 unspecified atom stereocenters. The van der Waals surface area contributed by atoms with Crippen LogP contribution in [0.3, 0.4) is 0 Å². The van der Waals surface area contributed by atoms with Crippen LogP contribution in [0.25, 0.3) is 0 Å². The molecule has 0 atom stereocenters. The van der Waals surface area contributed by atoms with Crippen molar-refractivity contribution in [1.82, 2.24) is 0 Å². The van der Waals surface area contributed by atoms with Gasteiger partial charge in [0.05, 0.1) is 0 Å². The van der Waals surface area contributed by atoms with E-state index in [-0.39, 0.29) is 0 Å². The quantitative estimate of drug-likeness (QED) is 0.593. The number of benzene rings is 1. The number of nitrogens with two attached hydrogens (primary N) is 1. The molecule has 0 aliphatic heterocycles. The van der Waals surface area contributed by atoms with Crippen molar-refractivity contribution < 1.29 is 4.79 Å². The smallest absolute Gasteiger partial charge is 0.150 e. The highest BCUT2D eigenvalue weighted by atomic mass is 16.1. The van der Waals surface area contributed by atoms with Crippen LogP contribution in [0.2, 0.25) is 0 Å². The highest BCUT2D eigenvalue weighted by Gasteiger charge is 2.09. The number of hydrogen-bond donors (Lipinski definition) is 1. The largest absolute Gasteiger partial charge is 0.398 e. The predicted octanol–water partition coefficient (Wildman–Crippen LogP) is 2.99. The Morgan fingerprint density at radius 3 is 2.27 bits per heavy atom. The Hall–Kier alpha value is -1.31. The summed E-state index contributed by atoms with van der Waals surface area (Å²) in [5, 5.41) is 0. The first-order chi connectivity index (χ1) is 7.24. The molecule has 0 heterocycles. The van der Waals surface area contributed by atoms with E-state index in [1.807, 2.05) is 12.1 Å². The molecule has 0 aromatic heterocycles. The molecule has 1 rings (SSSR count). The molecule has 0 aliphatic rings. The molecule has 1 aromatic carbocycles. The van der Waals surface area contributed by atoms with Crippen molar-refractivity contribution in [3.8, 4) is 0 Å². The Kier molecular flexibility index (Phi) is 4.35. The first-order valence-electron chi connectivity index (χ1n) is 5.60. The maximum absolute atomic E-state index is 10.9. The first-order valence-corrected chi connectivity index (χ1v) is 5.60. The first kappa shape index (κ1) is 11.8. The Morgan fingerprint density at radius 2 is 1.73 bits per heavy atom. The van der Waals surface area contributed by atoms with Gasteiger partial charge in [-0.15, -0.1) is 0 Å². The number of carbonyl (C=O) groups is 1. The van der Waals surface area contributed by atoms with Gasteiger partial charge < -0.3 is 5.73 Å². The molecule has 2 N–H and O–H groups in total. The standard InChI is InChI=1S/C13H19NO/c1-3-5-11-10(9-15)7-8-13(14)12(11)6-4-2/h7-9H,3-6,14H2,1-2H3. The molecule has 0 spiro atoms. The van der Waals surface area contributed by atoms with Gasteiger partial charge in [0.15, 0.2) is 0 Å². The van der Waals surface area contributed by atoms with Crippen LogP contribution in [-0.4, -0.2) is 6.29 Å². The number of rotatable bonds is 5. The predicted molar refractivity (Wildman–Crippen MR) is 64.2 cm³/mol. The molecule has 82 valence electrons. The van der Waals surface area contributed by atoms with Crippen LogP contribution in [0.15, 0.2) is 12.1 Å². The molecular weight excluding hydrogens is 186 g/mol. The van der Waals surface area contributed by atoms with E-state index < -0.39 is 0 Å². The molecule has 1 aromatic rings. The number of hydrogen-bond acceptors (Lipinski definition) is 2. The third kappa shape index (κ3) is 2.58. The molecular formula is C13H19NO. The normalized spacial score (nSPS) is 10.3. The zero-order chi connectivity index (χ0) is 11.3. The topological polar surface area (TPSA) is 43.1 Å². The van der Waals surface area contributed by atoms with Crippen molar-refractivity contribution in [2.24, 2.45) is 0 Å². The van der Waals surface area contributed by atoms with Crippen LogP contribution >= 0.6 is 0 Å². The minimum absolute atomic E-state index is 0.800. The third-order valence-electron chi connectivity index (χ3n) is 2.63. The van der Waals surface area contributed by atoms with E-state index in [9.17, 15) is 4.79 Å². The van der Waals surface area contributed by atoms with Crippen molar-refractivity contribution >= 4 is 12.0 Å². The fraction of sp³-hybridized carbons (Fsp3) is 0.462. The van der Waals surface area contributed by atoms with Crippen LogP contribution < -0.4 is 5.73 Å². The Morgan fingerprint density at radius 1 is 1.13 bits per heavy atom. The zero-order valence-corrected chi connectivity index (χ0v) is 9.55. The lowest BCUT2D eigenvalue weighted by atomic mass is 9.93. The van der Waals surface area contributed by atoms with Gasteiger partial charge in [0.25, 0.3) is 0 Å². The SMILES string of the molecule is CCCc1c(N)ccc(C=O)c1CCC. The second-order valence-corrected chi connectivity index (χ2v) is 3.82. The highest BCUT2D eigenvalue weighted by molar-refractivity contribution is 5.79. The average Bonchev–Trinajstić information content (AvgIpc) is 2.24. The van der Waals surface area contributed by atoms with Gasteiger partial charge in [-0.2, -0.15) is 0 Å². The van der Waals surface area contributed by atoms with Crippen LogP contribution in [0, 0.1) is 0 Å². The van der Waals surface area contributed by atoms with Crippen LogP contribution in [-0.2, 0) is 12.8 Å². The number of carbonyl (C=O) groups excluding carboxylic acids is 1. The molecule has 0 saturated heterocycles. The Balaban J connectivity index is 3.22. The third-order valence-corrected chi connectivity index (χ3v) is 2.63. The van der Waals surface area contributed by atoms with E-state index in [2.05, 4.69) is 13.8 Å². The molecule has 2 nitrogen and oxygen atoms in total. The molecule has 0 saturated carbocycles. The fourth-order valence-corrected chi connectivity index (χ4v) is 1.93. The van der Waals surface area contributed by atoms with Gasteiger partial charge in [0, 0.05) is 11.3 Å². The summed E-state index contributed by atoms with van der Waals surface area (Å²) in [6, 6.07) is 3.67. The minimum Gasteiger partial charge on any atom is -0.398 e. The second-order valence-electron chi connectivity index (χ2n) is 3.82. The number of anilines is 1. The van der Waals surface area contributed by atoms with Gasteiger partial charge in [-0.05, 0) is 36.1 Å². The molecule has 2 heteroatoms. The van der Waals surface area contributed by atoms with E-state index in [0.29, 0.717) is 0 Å². The van der Waals surface area contributed by atoms with E-state index in [0.717, 1.165) is 48.8 Å². The minimum atomic E-state index is 0.800. The lowest BCUT2D eigenvalue weighted by Crippen LogP contribution is -2.04. The summed E-state index contributed by atoms with van der Waals surface area (Å²) in [7, 11) is 0. The maximum Gasteiger partial charge on any atom is 0.150 e. The van der Waals surface area contributed by atoms with Gasteiger partial charge in [-0.1, -0.05) is 26.7 Å². The van der Waals surface area contributed by atoms with E-state index in [4.69, 9.17) is 5.73 Å². The summed E-state index contributed by atoms with van der Waals surface area (Å²) in [6.07, 6.45) is 4.94. The molecule has 0 bridgehead atoms. The highest BCUT2D eigenvalue weighted by Crippen LogP contribution is 2.23. The summed E-state index contributed by atoms with van der Waals surface area (Å²) in [5.74, 6) is 0. The van der Waals surface area contributed by atoms with E-state index in [1.54, 1.807) is 0 Å². The fourth-order valence-electron chi connectivity index (χ4n) is 1.93. The van der Waals surface area contributed by atoms with E-state index in [1.165, 1.54) is 5.56 Å². The Bertz CT molecular complexity index is 345. The monoisotopic (exact) mass is 205 g/mol. The summed E-state index contributed by atoms with van der Waals surface area (Å²) >= 11 is 0. The van der Waals surface area contributed by atoms with Crippen LogP contribution in [0.1, 0.15) is 48.2 Å². The average molecular weight is 205 g/mol. The van der Waals surface area contributed by atoms with Gasteiger partial charge in [0.2, 0.25) is 0 Å². The lowest BCUT2D eigenvalue weighted by molar-refractivity contribution is 0.112. The van der Waals surface area contributed by atoms with Crippen molar-refractivity contribution in [2.45, 2.75) is 39.5 Å². The van der Waals surface area contributed by atoms with Gasteiger partial charge in [-0.3, -0.25) is 4.79 Å². The van der Waals surface area contributed by atoms with Gasteiger partial charge in [0.1, 0.15) is 6.29 Å². The second kappa shape index (κ2) is 5.54. The maximum atomic E-state index is 10.9. The number of nitrogen functional groups attached to an aromatic ring is 1. The van der Waals surface area contributed by atoms with Crippen LogP contribution in [0.4, 0.5) is 5.69 Å². The summed E-state index contributed by atoms with van der Waals surface area (Å²) in [6.45, 7) is 4.25. The molecule has 0 fully saturated rings. The molecule has 0 amide bonds. The molecule has 0 radical (unpaired) electrons. The van der Waals surface area contributed by atoms with Gasteiger partial charge in [-0.25, -0.2) is 0 Å². The summed E-state index contributed by atoms with van der Waals surface area (Å²) in [4.78, 5) is 10.9. The number of aldehydes is 1. The van der Waals surface area contributed by atoms with Crippen molar-refractivity contribution in [2.75, 3.05) is 5.73 Å². The lowest BCUT2D eigenvalue weighted by Gasteiger charge is -2.13. The zero-order valence-electron chi connectivity index (χ0n) is 9.55. The molecule has 15 heavy (non-hydrogen) atoms. The van der Waals surface area contributed by atoms with Crippen molar-refractivity contribution in [3.63, 3.8) is 0 Å². The summed E-state index contributed by atoms with van der Waals surface area (Å²) < 4.78 is 0. The molecule has 0 aliphatic carbocycles. The van der Waals surface area contributed by atoms with Crippen LogP contribution in [0.5, 0.6) is 0 Å². The summed E-state index contributed by atoms with van der Waals surface area (Å²) in [5.41, 5.74) is 9.89. The Labute approximate surface area is 91.5 Å². The van der Waals surface area contributed by atoms with Crippen molar-refractivity contribution in [3.05, 3.63) is 28.8 Å². The van der Waals surface area contributed by atoms with Gasteiger partial charge >= 0.3 is 0 Å². The van der Waals surface area contributed by atoms with Crippen molar-refractivity contribution in [1.29, 1.82) is 0 Å².